The third-order valence-corrected chi connectivity index (χ3v) is 5.21. The molecule has 1 N–H and O–H groups in total. The van der Waals surface area contributed by atoms with E-state index in [1.807, 2.05) is 0 Å². The summed E-state index contributed by atoms with van der Waals surface area (Å²) in [5.74, 6) is -1.48. The molecular weight excluding hydrogens is 464 g/mol. The van der Waals surface area contributed by atoms with Crippen LogP contribution < -0.4 is 0 Å². The van der Waals surface area contributed by atoms with Gasteiger partial charge in [-0.2, -0.15) is 0 Å². The predicted octanol–water partition coefficient (Wildman–Crippen LogP) is 2.28. The summed E-state index contributed by atoms with van der Waals surface area (Å²) in [6.45, 7) is 11.2. The second kappa shape index (κ2) is 12.4. The Morgan fingerprint density at radius 2 is 1.09 bits per heavy atom. The molecule has 12 heteroatoms. The molecule has 0 saturated carbocycles. The van der Waals surface area contributed by atoms with Crippen LogP contribution in [0.3, 0.4) is 0 Å². The van der Waals surface area contributed by atoms with Gasteiger partial charge in [0, 0.05) is 27.1 Å². The second-order valence-electron chi connectivity index (χ2n) is 10.3. The average molecular weight is 505 g/mol. The lowest BCUT2D eigenvalue weighted by Gasteiger charge is -2.27. The molecule has 2 aliphatic rings. The van der Waals surface area contributed by atoms with Crippen molar-refractivity contribution < 1.29 is 48.0 Å². The molecule has 202 valence electrons. The van der Waals surface area contributed by atoms with Crippen LogP contribution in [0.15, 0.2) is 0 Å². The van der Waals surface area contributed by atoms with Crippen molar-refractivity contribution in [3.05, 3.63) is 0 Å². The zero-order valence-corrected chi connectivity index (χ0v) is 22.2. The van der Waals surface area contributed by atoms with Gasteiger partial charge in [-0.15, -0.1) is 0 Å². The minimum Gasteiger partial charge on any atom is -0.480 e. The summed E-state index contributed by atoms with van der Waals surface area (Å²) in [7, 11) is 4.36. The number of hydrogen-bond acceptors (Lipinski definition) is 9. The molecule has 2 fully saturated rings. The van der Waals surface area contributed by atoms with Gasteiger partial charge in [-0.3, -0.25) is 9.80 Å². The number of methoxy groups -OCH3 is 3. The molecule has 2 saturated heterocycles. The number of carboxylic acids is 1. The Morgan fingerprint density at radius 3 is 1.40 bits per heavy atom. The van der Waals surface area contributed by atoms with E-state index < -0.39 is 47.4 Å². The number of likely N-dealkylation sites (tertiary alicyclic amines) is 2. The van der Waals surface area contributed by atoms with Crippen molar-refractivity contribution in [1.29, 1.82) is 0 Å². The van der Waals surface area contributed by atoms with Gasteiger partial charge in [0.15, 0.2) is 0 Å². The fraction of sp³-hybridized carbons (Fsp3) is 0.826. The zero-order chi connectivity index (χ0) is 27.1. The van der Waals surface area contributed by atoms with E-state index in [0.29, 0.717) is 19.4 Å². The summed E-state index contributed by atoms with van der Waals surface area (Å²) in [6.07, 6.45) is -0.805. The first-order chi connectivity index (χ1) is 16.0. The van der Waals surface area contributed by atoms with Crippen molar-refractivity contribution in [2.45, 2.75) is 89.9 Å². The third kappa shape index (κ3) is 9.52. The van der Waals surface area contributed by atoms with Crippen molar-refractivity contribution in [3.63, 3.8) is 0 Å². The van der Waals surface area contributed by atoms with Crippen molar-refractivity contribution in [3.8, 4) is 0 Å². The molecule has 0 radical (unpaired) electrons. The van der Waals surface area contributed by atoms with Gasteiger partial charge in [0.25, 0.3) is 0 Å². The van der Waals surface area contributed by atoms with Gasteiger partial charge in [-0.1, -0.05) is 0 Å². The number of carboxylic acid groups (broad SMARTS) is 1. The van der Waals surface area contributed by atoms with E-state index in [4.69, 9.17) is 28.8 Å². The van der Waals surface area contributed by atoms with E-state index in [9.17, 15) is 19.2 Å². The molecule has 2 heterocycles. The second-order valence-corrected chi connectivity index (χ2v) is 10.3. The quantitative estimate of drug-likeness (QED) is 0.448. The smallest absolute Gasteiger partial charge is 0.411 e. The number of ether oxygens (including phenoxy) is 5. The first kappa shape index (κ1) is 30.4. The van der Waals surface area contributed by atoms with Crippen LogP contribution in [-0.4, -0.2) is 109 Å². The summed E-state index contributed by atoms with van der Waals surface area (Å²) in [5.41, 5.74) is -1.23. The lowest BCUT2D eigenvalue weighted by atomic mass is 10.2. The Bertz CT molecular complexity index is 758. The van der Waals surface area contributed by atoms with Crippen LogP contribution in [0.25, 0.3) is 0 Å². The van der Waals surface area contributed by atoms with Gasteiger partial charge in [-0.25, -0.2) is 19.2 Å². The van der Waals surface area contributed by atoms with Gasteiger partial charge >= 0.3 is 24.1 Å². The minimum absolute atomic E-state index is 0.165. The molecule has 0 aliphatic carbocycles. The topological polar surface area (TPSA) is 141 Å². The van der Waals surface area contributed by atoms with Gasteiger partial charge < -0.3 is 28.8 Å². The minimum atomic E-state index is -1.03. The summed E-state index contributed by atoms with van der Waals surface area (Å²) in [6, 6.07) is -1.50. The van der Waals surface area contributed by atoms with Gasteiger partial charge in [-0.05, 0) is 41.5 Å². The molecule has 2 aliphatic heterocycles. The summed E-state index contributed by atoms with van der Waals surface area (Å²) in [5, 5.41) is 9.04. The van der Waals surface area contributed by atoms with Gasteiger partial charge in [0.1, 0.15) is 23.3 Å². The van der Waals surface area contributed by atoms with E-state index in [2.05, 4.69) is 0 Å². The highest BCUT2D eigenvalue weighted by atomic mass is 16.6. The number of amides is 2. The standard InChI is InChI=1S/C12H21NO5.C11H19NO5/c1-12(2,3)18-11(15)13-7-8(16-4)6-9(13)10(14)17-5;1-11(2,3)17-10(15)12-6-7(16-4)5-8(12)9(13)14/h8-9H,6-7H2,1-5H3;7-8H,5-6H2,1-4H3,(H,13,14)/t8-,9+;7-,8+/m11/s1. The number of rotatable bonds is 4. The normalized spacial score (nSPS) is 24.4. The molecule has 2 amide bonds. The number of nitrogens with zero attached hydrogens (tertiary/aromatic N) is 2. The highest BCUT2D eigenvalue weighted by Gasteiger charge is 2.43. The Labute approximate surface area is 206 Å². The van der Waals surface area contributed by atoms with Crippen molar-refractivity contribution in [2.24, 2.45) is 0 Å². The number of esters is 1. The van der Waals surface area contributed by atoms with E-state index in [-0.39, 0.29) is 18.8 Å². The number of carbonyl (C=O) groups is 4. The largest absolute Gasteiger partial charge is 0.480 e. The maximum Gasteiger partial charge on any atom is 0.411 e. The highest BCUT2D eigenvalue weighted by Crippen LogP contribution is 2.24. The highest BCUT2D eigenvalue weighted by molar-refractivity contribution is 5.82. The number of aliphatic carboxylic acids is 1. The molecule has 35 heavy (non-hydrogen) atoms. The summed E-state index contributed by atoms with van der Waals surface area (Å²) in [4.78, 5) is 49.1. The van der Waals surface area contributed by atoms with Crippen molar-refractivity contribution >= 4 is 24.1 Å². The van der Waals surface area contributed by atoms with Crippen molar-refractivity contribution in [1.82, 2.24) is 9.80 Å². The third-order valence-electron chi connectivity index (χ3n) is 5.21. The molecule has 0 bridgehead atoms. The molecule has 0 aromatic heterocycles. The van der Waals surface area contributed by atoms with E-state index in [1.54, 1.807) is 48.7 Å². The van der Waals surface area contributed by atoms with E-state index >= 15 is 0 Å². The van der Waals surface area contributed by atoms with Crippen LogP contribution in [-0.2, 0) is 33.3 Å². The van der Waals surface area contributed by atoms with Gasteiger partial charge in [0.05, 0.1) is 32.4 Å². The molecule has 0 spiro atoms. The van der Waals surface area contributed by atoms with Crippen LogP contribution in [0.1, 0.15) is 54.4 Å². The molecule has 0 unspecified atom stereocenters. The van der Waals surface area contributed by atoms with E-state index in [1.165, 1.54) is 24.0 Å². The van der Waals surface area contributed by atoms with Crippen LogP contribution in [0, 0.1) is 0 Å². The maximum absolute atomic E-state index is 12.0. The first-order valence-corrected chi connectivity index (χ1v) is 11.4. The Hall–Kier alpha value is -2.60. The molecule has 4 atom stereocenters. The maximum atomic E-state index is 12.0. The fourth-order valence-electron chi connectivity index (χ4n) is 3.57. The summed E-state index contributed by atoms with van der Waals surface area (Å²) >= 11 is 0. The average Bonchev–Trinajstić information content (AvgIpc) is 3.36. The Kier molecular flexibility index (Phi) is 10.8. The molecule has 0 aromatic carbocycles. The molecule has 0 aromatic rings. The van der Waals surface area contributed by atoms with Gasteiger partial charge in [0.2, 0.25) is 0 Å². The lowest BCUT2D eigenvalue weighted by Crippen LogP contribution is -2.44. The summed E-state index contributed by atoms with van der Waals surface area (Å²) < 4.78 is 25.4. The van der Waals surface area contributed by atoms with Crippen LogP contribution in [0.5, 0.6) is 0 Å². The van der Waals surface area contributed by atoms with Crippen LogP contribution in [0.2, 0.25) is 0 Å². The van der Waals surface area contributed by atoms with E-state index in [0.717, 1.165) is 0 Å². The molecule has 12 nitrogen and oxygen atoms in total. The Balaban J connectivity index is 0.000000351. The molecular formula is C23H40N2O10. The van der Waals surface area contributed by atoms with Crippen LogP contribution >= 0.6 is 0 Å². The first-order valence-electron chi connectivity index (χ1n) is 11.4. The van der Waals surface area contributed by atoms with Crippen LogP contribution in [0.4, 0.5) is 9.59 Å². The molecule has 2 rings (SSSR count). The zero-order valence-electron chi connectivity index (χ0n) is 22.2. The Morgan fingerprint density at radius 1 is 0.714 bits per heavy atom. The number of carbonyl (C=O) groups excluding carboxylic acids is 3. The number of hydrogen-bond donors (Lipinski definition) is 1. The predicted molar refractivity (Wildman–Crippen MR) is 124 cm³/mol. The lowest BCUT2D eigenvalue weighted by molar-refractivity contribution is -0.145. The van der Waals surface area contributed by atoms with Crippen molar-refractivity contribution in [2.75, 3.05) is 34.4 Å². The fourth-order valence-corrected chi connectivity index (χ4v) is 3.57. The SMILES string of the molecule is COC(=O)[C@@H]1C[C@@H](OC)CN1C(=O)OC(C)(C)C.CO[C@@H]1C[C@@H](C(=O)O)N(C(=O)OC(C)(C)C)C1. The monoisotopic (exact) mass is 504 g/mol.